The van der Waals surface area contributed by atoms with Gasteiger partial charge < -0.3 is 19.9 Å². The van der Waals surface area contributed by atoms with Crippen molar-refractivity contribution in [3.8, 4) is 5.75 Å². The molecule has 0 bridgehead atoms. The highest BCUT2D eigenvalue weighted by Gasteiger charge is 2.35. The zero-order valence-electron chi connectivity index (χ0n) is 13.2. The molecule has 2 atom stereocenters. The SMILES string of the molecule is CNC(C)(CC(C)Oc1ccccc1CCO)C(=O)OC. The quantitative estimate of drug-likeness (QED) is 0.712. The fraction of sp³-hybridized carbons (Fsp3) is 0.562. The van der Waals surface area contributed by atoms with Crippen molar-refractivity contribution in [1.82, 2.24) is 5.32 Å². The molecule has 0 aliphatic rings. The molecule has 1 rings (SSSR count). The maximum atomic E-state index is 11.8. The minimum atomic E-state index is -0.792. The van der Waals surface area contributed by atoms with Crippen LogP contribution in [0, 0.1) is 0 Å². The van der Waals surface area contributed by atoms with Gasteiger partial charge in [0, 0.05) is 13.0 Å². The van der Waals surface area contributed by atoms with Crippen LogP contribution >= 0.6 is 0 Å². The van der Waals surface area contributed by atoms with E-state index in [0.717, 1.165) is 11.3 Å². The molecule has 1 aromatic carbocycles. The number of carbonyl (C=O) groups excluding carboxylic acids is 1. The topological polar surface area (TPSA) is 67.8 Å². The van der Waals surface area contributed by atoms with E-state index in [1.54, 1.807) is 14.0 Å². The highest BCUT2D eigenvalue weighted by Crippen LogP contribution is 2.23. The second-order valence-corrected chi connectivity index (χ2v) is 5.29. The Morgan fingerprint density at radius 3 is 2.67 bits per heavy atom. The summed E-state index contributed by atoms with van der Waals surface area (Å²) in [7, 11) is 3.10. The highest BCUT2D eigenvalue weighted by atomic mass is 16.5. The molecule has 5 heteroatoms. The van der Waals surface area contributed by atoms with Crippen LogP contribution in [-0.4, -0.2) is 43.5 Å². The van der Waals surface area contributed by atoms with Crippen LogP contribution in [0.2, 0.25) is 0 Å². The minimum Gasteiger partial charge on any atom is -0.490 e. The number of rotatable bonds is 8. The molecule has 5 nitrogen and oxygen atoms in total. The second-order valence-electron chi connectivity index (χ2n) is 5.29. The molecular formula is C16H25NO4. The molecule has 21 heavy (non-hydrogen) atoms. The van der Waals surface area contributed by atoms with Crippen molar-refractivity contribution in [2.45, 2.75) is 38.3 Å². The van der Waals surface area contributed by atoms with Crippen molar-refractivity contribution in [2.24, 2.45) is 0 Å². The van der Waals surface area contributed by atoms with Crippen LogP contribution in [-0.2, 0) is 16.0 Å². The standard InChI is InChI=1S/C16H25NO4/c1-12(11-16(2,17-3)15(19)20-4)21-14-8-6-5-7-13(14)9-10-18/h5-8,12,17-18H,9-11H2,1-4H3. The van der Waals surface area contributed by atoms with E-state index in [9.17, 15) is 4.79 Å². The van der Waals surface area contributed by atoms with Gasteiger partial charge in [-0.15, -0.1) is 0 Å². The Kier molecular flexibility index (Phi) is 6.65. The van der Waals surface area contributed by atoms with Crippen LogP contribution in [0.4, 0.5) is 0 Å². The summed E-state index contributed by atoms with van der Waals surface area (Å²) in [6.07, 6.45) is 0.841. The van der Waals surface area contributed by atoms with E-state index in [4.69, 9.17) is 14.6 Å². The predicted octanol–water partition coefficient (Wildman–Crippen LogP) is 1.53. The van der Waals surface area contributed by atoms with Gasteiger partial charge in [0.1, 0.15) is 11.3 Å². The third-order valence-electron chi connectivity index (χ3n) is 3.57. The van der Waals surface area contributed by atoms with Gasteiger partial charge in [-0.1, -0.05) is 18.2 Å². The lowest BCUT2D eigenvalue weighted by atomic mass is 9.95. The van der Waals surface area contributed by atoms with Crippen molar-refractivity contribution in [1.29, 1.82) is 0 Å². The molecule has 0 spiro atoms. The first-order valence-corrected chi connectivity index (χ1v) is 7.09. The zero-order chi connectivity index (χ0) is 15.9. The van der Waals surface area contributed by atoms with Gasteiger partial charge in [-0.2, -0.15) is 0 Å². The maximum Gasteiger partial charge on any atom is 0.325 e. The molecule has 0 aliphatic heterocycles. The van der Waals surface area contributed by atoms with Crippen molar-refractivity contribution in [3.63, 3.8) is 0 Å². The van der Waals surface area contributed by atoms with Crippen LogP contribution in [0.3, 0.4) is 0 Å². The van der Waals surface area contributed by atoms with Gasteiger partial charge in [0.25, 0.3) is 0 Å². The van der Waals surface area contributed by atoms with Gasteiger partial charge in [0.2, 0.25) is 0 Å². The first-order valence-electron chi connectivity index (χ1n) is 7.09. The largest absolute Gasteiger partial charge is 0.490 e. The lowest BCUT2D eigenvalue weighted by molar-refractivity contribution is -0.148. The van der Waals surface area contributed by atoms with E-state index in [-0.39, 0.29) is 18.7 Å². The molecule has 0 fully saturated rings. The number of hydrogen-bond donors (Lipinski definition) is 2. The summed E-state index contributed by atoms with van der Waals surface area (Å²) >= 11 is 0. The van der Waals surface area contributed by atoms with Crippen molar-refractivity contribution in [2.75, 3.05) is 20.8 Å². The van der Waals surface area contributed by atoms with E-state index in [1.165, 1.54) is 7.11 Å². The third kappa shape index (κ3) is 4.72. The van der Waals surface area contributed by atoms with Crippen molar-refractivity contribution >= 4 is 5.97 Å². The van der Waals surface area contributed by atoms with Crippen molar-refractivity contribution in [3.05, 3.63) is 29.8 Å². The Morgan fingerprint density at radius 2 is 2.10 bits per heavy atom. The molecule has 0 amide bonds. The summed E-state index contributed by atoms with van der Waals surface area (Å²) in [6, 6.07) is 7.60. The number of methoxy groups -OCH3 is 1. The molecule has 2 unspecified atom stereocenters. The van der Waals surface area contributed by atoms with Crippen LogP contribution in [0.5, 0.6) is 5.75 Å². The Labute approximate surface area is 126 Å². The van der Waals surface area contributed by atoms with Crippen LogP contribution in [0.15, 0.2) is 24.3 Å². The molecule has 0 saturated carbocycles. The van der Waals surface area contributed by atoms with E-state index >= 15 is 0 Å². The smallest absolute Gasteiger partial charge is 0.325 e. The summed E-state index contributed by atoms with van der Waals surface area (Å²) in [5.74, 6) is 0.423. The highest BCUT2D eigenvalue weighted by molar-refractivity contribution is 5.80. The van der Waals surface area contributed by atoms with E-state index < -0.39 is 5.54 Å². The lowest BCUT2D eigenvalue weighted by Crippen LogP contribution is -2.50. The van der Waals surface area contributed by atoms with E-state index in [0.29, 0.717) is 12.8 Å². The summed E-state index contributed by atoms with van der Waals surface area (Å²) in [4.78, 5) is 11.8. The summed E-state index contributed by atoms with van der Waals surface area (Å²) in [5, 5.41) is 12.1. The number of aliphatic hydroxyl groups is 1. The molecule has 0 heterocycles. The minimum absolute atomic E-state index is 0.0745. The Hall–Kier alpha value is -1.59. The Balaban J connectivity index is 2.77. The Morgan fingerprint density at radius 1 is 1.43 bits per heavy atom. The molecule has 1 aromatic rings. The van der Waals surface area contributed by atoms with Gasteiger partial charge in [0.05, 0.1) is 13.2 Å². The Bertz CT molecular complexity index is 463. The first-order chi connectivity index (χ1) is 9.96. The number of carbonyl (C=O) groups is 1. The molecule has 118 valence electrons. The van der Waals surface area contributed by atoms with Crippen LogP contribution in [0.25, 0.3) is 0 Å². The average molecular weight is 295 g/mol. The van der Waals surface area contributed by atoms with E-state index in [1.807, 2.05) is 31.2 Å². The normalized spacial score (nSPS) is 15.1. The molecular weight excluding hydrogens is 270 g/mol. The van der Waals surface area contributed by atoms with E-state index in [2.05, 4.69) is 5.32 Å². The number of likely N-dealkylation sites (N-methyl/N-ethyl adjacent to an activating group) is 1. The molecule has 2 N–H and O–H groups in total. The van der Waals surface area contributed by atoms with Gasteiger partial charge in [-0.25, -0.2) is 0 Å². The monoisotopic (exact) mass is 295 g/mol. The number of benzene rings is 1. The van der Waals surface area contributed by atoms with Gasteiger partial charge >= 0.3 is 5.97 Å². The molecule has 0 saturated heterocycles. The van der Waals surface area contributed by atoms with Crippen LogP contribution < -0.4 is 10.1 Å². The zero-order valence-corrected chi connectivity index (χ0v) is 13.2. The number of nitrogens with one attached hydrogen (secondary N) is 1. The lowest BCUT2D eigenvalue weighted by Gasteiger charge is -2.29. The average Bonchev–Trinajstić information content (AvgIpc) is 2.48. The number of para-hydroxylation sites is 1. The second kappa shape index (κ2) is 8.00. The number of aliphatic hydroxyl groups excluding tert-OH is 1. The fourth-order valence-corrected chi connectivity index (χ4v) is 2.29. The molecule has 0 aromatic heterocycles. The summed E-state index contributed by atoms with van der Waals surface area (Å²) < 4.78 is 10.8. The number of esters is 1. The van der Waals surface area contributed by atoms with Gasteiger partial charge in [-0.05, 0) is 38.9 Å². The van der Waals surface area contributed by atoms with Crippen molar-refractivity contribution < 1.29 is 19.4 Å². The first kappa shape index (κ1) is 17.5. The summed E-state index contributed by atoms with van der Waals surface area (Å²) in [6.45, 7) is 3.78. The van der Waals surface area contributed by atoms with Crippen LogP contribution in [0.1, 0.15) is 25.8 Å². The predicted molar refractivity (Wildman–Crippen MR) is 81.4 cm³/mol. The molecule has 0 radical (unpaired) electrons. The summed E-state index contributed by atoms with van der Waals surface area (Å²) in [5.41, 5.74) is 0.163. The maximum absolute atomic E-state index is 11.8. The number of ether oxygens (including phenoxy) is 2. The number of hydrogen-bond acceptors (Lipinski definition) is 5. The van der Waals surface area contributed by atoms with Gasteiger partial charge in [-0.3, -0.25) is 4.79 Å². The third-order valence-corrected chi connectivity index (χ3v) is 3.57. The van der Waals surface area contributed by atoms with Gasteiger partial charge in [0.15, 0.2) is 0 Å². The molecule has 0 aliphatic carbocycles. The fourth-order valence-electron chi connectivity index (χ4n) is 2.29.